The topological polar surface area (TPSA) is 128 Å². The van der Waals surface area contributed by atoms with Crippen LogP contribution in [0.5, 0.6) is 0 Å². The maximum absolute atomic E-state index is 12.9. The standard InChI is InChI=1S/C24H26N6O4/c1-24(13-12-16-8-4-3-5-9-16)22(33)30(23(34)27-24)28-20(31)15-29(2)14-19-25-18-11-7-6-10-17(18)21(32)26-19/h3-11H,12-15H2,1-2H3,(H,27,34)(H,28,31)(H,25,26,32)/t24-/m0/s1. The fraction of sp³-hybridized carbons (Fsp3) is 0.292. The number of nitrogens with one attached hydrogen (secondary N) is 3. The van der Waals surface area contributed by atoms with E-state index in [4.69, 9.17) is 0 Å². The fourth-order valence-electron chi connectivity index (χ4n) is 3.92. The van der Waals surface area contributed by atoms with Crippen molar-refractivity contribution in [3.63, 3.8) is 0 Å². The molecule has 2 heterocycles. The summed E-state index contributed by atoms with van der Waals surface area (Å²) in [6, 6.07) is 16.0. The molecule has 4 amide bonds. The Morgan fingerprint density at radius 2 is 1.79 bits per heavy atom. The summed E-state index contributed by atoms with van der Waals surface area (Å²) in [5.41, 5.74) is 2.64. The number of nitrogens with zero attached hydrogens (tertiary/aromatic N) is 3. The van der Waals surface area contributed by atoms with Crippen molar-refractivity contribution in [2.45, 2.75) is 31.8 Å². The highest BCUT2D eigenvalue weighted by molar-refractivity contribution is 6.07. The Kier molecular flexibility index (Phi) is 6.42. The van der Waals surface area contributed by atoms with Crippen molar-refractivity contribution in [2.24, 2.45) is 0 Å². The Bertz CT molecular complexity index is 1290. The van der Waals surface area contributed by atoms with Crippen LogP contribution in [0.4, 0.5) is 4.79 Å². The van der Waals surface area contributed by atoms with Crippen LogP contribution in [0.1, 0.15) is 24.7 Å². The molecule has 2 aromatic carbocycles. The molecule has 0 spiro atoms. The first-order valence-electron chi connectivity index (χ1n) is 10.9. The summed E-state index contributed by atoms with van der Waals surface area (Å²) in [6.45, 7) is 1.73. The maximum atomic E-state index is 12.9. The van der Waals surface area contributed by atoms with E-state index < -0.39 is 23.4 Å². The number of aromatic amines is 1. The van der Waals surface area contributed by atoms with Gasteiger partial charge in [-0.3, -0.25) is 24.7 Å². The minimum absolute atomic E-state index is 0.117. The molecule has 176 valence electrons. The highest BCUT2D eigenvalue weighted by Crippen LogP contribution is 2.22. The number of carbonyl (C=O) groups excluding carboxylic acids is 3. The van der Waals surface area contributed by atoms with Gasteiger partial charge in [0.25, 0.3) is 17.4 Å². The van der Waals surface area contributed by atoms with E-state index in [0.717, 1.165) is 10.6 Å². The lowest BCUT2D eigenvalue weighted by Gasteiger charge is -2.22. The average Bonchev–Trinajstić information content (AvgIpc) is 3.01. The second-order valence-corrected chi connectivity index (χ2v) is 8.63. The van der Waals surface area contributed by atoms with Crippen molar-refractivity contribution in [1.82, 2.24) is 30.6 Å². The monoisotopic (exact) mass is 462 g/mol. The number of hydrogen-bond acceptors (Lipinski definition) is 6. The first-order chi connectivity index (χ1) is 16.2. The molecule has 0 radical (unpaired) electrons. The van der Waals surface area contributed by atoms with Crippen LogP contribution in [0.15, 0.2) is 59.4 Å². The van der Waals surface area contributed by atoms with E-state index in [1.54, 1.807) is 43.1 Å². The van der Waals surface area contributed by atoms with Crippen molar-refractivity contribution in [3.05, 3.63) is 76.3 Å². The number of benzene rings is 2. The normalized spacial score (nSPS) is 17.9. The van der Waals surface area contributed by atoms with Crippen LogP contribution in [-0.2, 0) is 22.6 Å². The second-order valence-electron chi connectivity index (χ2n) is 8.63. The molecule has 34 heavy (non-hydrogen) atoms. The summed E-state index contributed by atoms with van der Waals surface area (Å²) in [6.07, 6.45) is 1.000. The summed E-state index contributed by atoms with van der Waals surface area (Å²) in [5, 5.41) is 3.90. The third-order valence-corrected chi connectivity index (χ3v) is 5.75. The SMILES string of the molecule is CN(CC(=O)NN1C(=O)N[C@@](C)(CCc2ccccc2)C1=O)Cc1nc2ccccc2c(=O)[nH]1. The number of para-hydroxylation sites is 1. The highest BCUT2D eigenvalue weighted by atomic mass is 16.2. The molecule has 10 heteroatoms. The summed E-state index contributed by atoms with van der Waals surface area (Å²) in [5.74, 6) is -0.645. The minimum Gasteiger partial charge on any atom is -0.322 e. The van der Waals surface area contributed by atoms with E-state index in [1.165, 1.54) is 0 Å². The number of hydrazine groups is 1. The quantitative estimate of drug-likeness (QED) is 0.434. The average molecular weight is 463 g/mol. The number of aryl methyl sites for hydroxylation is 1. The van der Waals surface area contributed by atoms with Gasteiger partial charge >= 0.3 is 6.03 Å². The van der Waals surface area contributed by atoms with E-state index in [0.29, 0.717) is 29.6 Å². The molecule has 10 nitrogen and oxygen atoms in total. The molecule has 1 saturated heterocycles. The fourth-order valence-corrected chi connectivity index (χ4v) is 3.92. The summed E-state index contributed by atoms with van der Waals surface area (Å²) in [4.78, 5) is 58.8. The van der Waals surface area contributed by atoms with Crippen LogP contribution in [0.25, 0.3) is 10.9 Å². The summed E-state index contributed by atoms with van der Waals surface area (Å²) in [7, 11) is 1.67. The second kappa shape index (κ2) is 9.44. The van der Waals surface area contributed by atoms with Crippen molar-refractivity contribution in [1.29, 1.82) is 0 Å². The summed E-state index contributed by atoms with van der Waals surface area (Å²) < 4.78 is 0. The molecular formula is C24H26N6O4. The lowest BCUT2D eigenvalue weighted by Crippen LogP contribution is -2.51. The number of aromatic nitrogens is 2. The molecule has 1 aliphatic rings. The van der Waals surface area contributed by atoms with Crippen LogP contribution < -0.4 is 16.3 Å². The number of urea groups is 1. The number of likely N-dealkylation sites (N-methyl/N-ethyl adjacent to an activating group) is 1. The smallest absolute Gasteiger partial charge is 0.322 e. The molecule has 1 fully saturated rings. The van der Waals surface area contributed by atoms with Gasteiger partial charge in [0, 0.05) is 0 Å². The van der Waals surface area contributed by atoms with Crippen molar-refractivity contribution < 1.29 is 14.4 Å². The highest BCUT2D eigenvalue weighted by Gasteiger charge is 2.48. The molecule has 0 unspecified atom stereocenters. The van der Waals surface area contributed by atoms with Crippen molar-refractivity contribution in [3.8, 4) is 0 Å². The molecule has 0 bridgehead atoms. The van der Waals surface area contributed by atoms with E-state index in [1.807, 2.05) is 30.3 Å². The third-order valence-electron chi connectivity index (χ3n) is 5.75. The Labute approximate surface area is 195 Å². The minimum atomic E-state index is -1.11. The molecular weight excluding hydrogens is 436 g/mol. The van der Waals surface area contributed by atoms with Crippen LogP contribution >= 0.6 is 0 Å². The number of H-pyrrole nitrogens is 1. The molecule has 1 aliphatic heterocycles. The molecule has 1 atom stereocenters. The first-order valence-corrected chi connectivity index (χ1v) is 10.9. The zero-order valence-corrected chi connectivity index (χ0v) is 19.0. The molecule has 3 N–H and O–H groups in total. The largest absolute Gasteiger partial charge is 0.344 e. The van der Waals surface area contributed by atoms with Crippen LogP contribution in [0.3, 0.4) is 0 Å². The summed E-state index contributed by atoms with van der Waals surface area (Å²) >= 11 is 0. The van der Waals surface area contributed by atoms with Crippen molar-refractivity contribution >= 4 is 28.7 Å². The van der Waals surface area contributed by atoms with Gasteiger partial charge in [-0.05, 0) is 44.5 Å². The molecule has 0 aliphatic carbocycles. The number of imide groups is 1. The number of amides is 4. The first kappa shape index (κ1) is 23.1. The Balaban J connectivity index is 1.34. The van der Waals surface area contributed by atoms with E-state index >= 15 is 0 Å². The van der Waals surface area contributed by atoms with E-state index in [-0.39, 0.29) is 18.6 Å². The predicted molar refractivity (Wildman–Crippen MR) is 125 cm³/mol. The van der Waals surface area contributed by atoms with E-state index in [9.17, 15) is 19.2 Å². The van der Waals surface area contributed by atoms with Gasteiger partial charge in [0.15, 0.2) is 0 Å². The molecule has 3 aromatic rings. The lowest BCUT2D eigenvalue weighted by molar-refractivity contribution is -0.139. The molecule has 1 aromatic heterocycles. The third kappa shape index (κ3) is 4.96. The zero-order valence-electron chi connectivity index (χ0n) is 19.0. The van der Waals surface area contributed by atoms with E-state index in [2.05, 4.69) is 20.7 Å². The van der Waals surface area contributed by atoms with Crippen molar-refractivity contribution in [2.75, 3.05) is 13.6 Å². The lowest BCUT2D eigenvalue weighted by atomic mass is 9.93. The van der Waals surface area contributed by atoms with Gasteiger partial charge in [-0.1, -0.05) is 42.5 Å². The van der Waals surface area contributed by atoms with Gasteiger partial charge in [-0.25, -0.2) is 9.78 Å². The van der Waals surface area contributed by atoms with Gasteiger partial charge in [0.1, 0.15) is 11.4 Å². The Morgan fingerprint density at radius 3 is 2.56 bits per heavy atom. The van der Waals surface area contributed by atoms with Gasteiger partial charge in [-0.2, -0.15) is 5.01 Å². The number of fused-ring (bicyclic) bond motifs is 1. The number of rotatable bonds is 8. The number of carbonyl (C=O) groups is 3. The van der Waals surface area contributed by atoms with Crippen LogP contribution in [0, 0.1) is 0 Å². The van der Waals surface area contributed by atoms with Crippen LogP contribution in [0.2, 0.25) is 0 Å². The van der Waals surface area contributed by atoms with Gasteiger partial charge in [-0.15, -0.1) is 0 Å². The Morgan fingerprint density at radius 1 is 1.09 bits per heavy atom. The Hall–Kier alpha value is -4.05. The number of hydrogen-bond donors (Lipinski definition) is 3. The molecule has 0 saturated carbocycles. The van der Waals surface area contributed by atoms with Gasteiger partial charge in [0.05, 0.1) is 24.0 Å². The van der Waals surface area contributed by atoms with Crippen LogP contribution in [-0.4, -0.2) is 56.9 Å². The van der Waals surface area contributed by atoms with Gasteiger partial charge < -0.3 is 10.3 Å². The maximum Gasteiger partial charge on any atom is 0.344 e. The molecule has 4 rings (SSSR count). The predicted octanol–water partition coefficient (Wildman–Crippen LogP) is 1.33. The zero-order chi connectivity index (χ0) is 24.3. The van der Waals surface area contributed by atoms with Gasteiger partial charge in [0.2, 0.25) is 0 Å².